The Balaban J connectivity index is 2.65. The largest absolute Gasteiger partial charge is 0.497 e. The van der Waals surface area contributed by atoms with E-state index < -0.39 is 9.84 Å². The average molecular weight is 247 g/mol. The molecule has 4 nitrogen and oxygen atoms in total. The molecule has 5 heteroatoms. The monoisotopic (exact) mass is 247 g/mol. The van der Waals surface area contributed by atoms with E-state index in [0.29, 0.717) is 6.61 Å². The van der Waals surface area contributed by atoms with E-state index in [4.69, 9.17) is 4.74 Å². The predicted molar refractivity (Wildman–Crippen MR) is 65.1 cm³/mol. The minimum atomic E-state index is -2.99. The van der Waals surface area contributed by atoms with E-state index in [1.807, 2.05) is 6.08 Å². The topological polar surface area (TPSA) is 55.4 Å². The Kier molecular flexibility index (Phi) is 5.28. The Bertz CT molecular complexity index is 335. The summed E-state index contributed by atoms with van der Waals surface area (Å²) in [6.07, 6.45) is 6.23. The summed E-state index contributed by atoms with van der Waals surface area (Å²) in [6, 6.07) is -0.185. The van der Waals surface area contributed by atoms with Crippen molar-refractivity contribution in [1.29, 1.82) is 0 Å². The van der Waals surface area contributed by atoms with Gasteiger partial charge in [-0.05, 0) is 31.9 Å². The predicted octanol–water partition coefficient (Wildman–Crippen LogP) is 1.09. The van der Waals surface area contributed by atoms with Crippen molar-refractivity contribution in [3.8, 4) is 0 Å². The van der Waals surface area contributed by atoms with E-state index in [2.05, 4.69) is 12.2 Å². The normalized spacial score (nSPS) is 18.8. The first-order valence-electron chi connectivity index (χ1n) is 5.77. The summed E-state index contributed by atoms with van der Waals surface area (Å²) >= 11 is 0. The summed E-state index contributed by atoms with van der Waals surface area (Å²) in [6.45, 7) is 3.56. The molecule has 0 amide bonds. The molecule has 0 aliphatic carbocycles. The fourth-order valence-corrected chi connectivity index (χ4v) is 2.57. The van der Waals surface area contributed by atoms with Gasteiger partial charge in [0.15, 0.2) is 0 Å². The molecule has 1 unspecified atom stereocenters. The molecule has 1 aliphatic rings. The van der Waals surface area contributed by atoms with Gasteiger partial charge in [0.25, 0.3) is 0 Å². The highest BCUT2D eigenvalue weighted by molar-refractivity contribution is 7.90. The number of sulfone groups is 1. The standard InChI is InChI=1S/C11H21NO3S/c1-3-7-12-10(9-16(2,13)14)11-6-4-5-8-15-11/h6,10,12H,3-5,7-9H2,1-2H3. The summed E-state index contributed by atoms with van der Waals surface area (Å²) in [7, 11) is -2.99. The highest BCUT2D eigenvalue weighted by Crippen LogP contribution is 2.15. The quantitative estimate of drug-likeness (QED) is 0.763. The Morgan fingerprint density at radius 1 is 1.56 bits per heavy atom. The number of rotatable bonds is 6. The van der Waals surface area contributed by atoms with Crippen LogP contribution in [0, 0.1) is 0 Å². The first kappa shape index (κ1) is 13.5. The fraction of sp³-hybridized carbons (Fsp3) is 0.818. The Morgan fingerprint density at radius 3 is 2.81 bits per heavy atom. The van der Waals surface area contributed by atoms with Crippen LogP contribution in [-0.4, -0.2) is 39.6 Å². The van der Waals surface area contributed by atoms with Crippen molar-refractivity contribution in [1.82, 2.24) is 5.32 Å². The van der Waals surface area contributed by atoms with E-state index >= 15 is 0 Å². The second kappa shape index (κ2) is 6.25. The number of allylic oxidation sites excluding steroid dienone is 1. The lowest BCUT2D eigenvalue weighted by molar-refractivity contribution is 0.171. The van der Waals surface area contributed by atoms with Crippen LogP contribution in [0.2, 0.25) is 0 Å². The summed E-state index contributed by atoms with van der Waals surface area (Å²) in [5.74, 6) is 0.906. The summed E-state index contributed by atoms with van der Waals surface area (Å²) in [5, 5.41) is 3.22. The number of ether oxygens (including phenoxy) is 1. The van der Waals surface area contributed by atoms with Gasteiger partial charge in [0.1, 0.15) is 15.6 Å². The molecule has 1 aliphatic heterocycles. The lowest BCUT2D eigenvalue weighted by Crippen LogP contribution is -2.39. The zero-order valence-corrected chi connectivity index (χ0v) is 10.8. The van der Waals surface area contributed by atoms with E-state index in [1.54, 1.807) is 0 Å². The van der Waals surface area contributed by atoms with Gasteiger partial charge < -0.3 is 10.1 Å². The first-order valence-corrected chi connectivity index (χ1v) is 7.83. The van der Waals surface area contributed by atoms with Crippen molar-refractivity contribution < 1.29 is 13.2 Å². The summed E-state index contributed by atoms with van der Waals surface area (Å²) < 4.78 is 28.2. The molecule has 0 aromatic rings. The van der Waals surface area contributed by atoms with Crippen LogP contribution < -0.4 is 5.32 Å². The zero-order valence-electron chi connectivity index (χ0n) is 10.0. The van der Waals surface area contributed by atoms with Crippen LogP contribution in [0.15, 0.2) is 11.8 Å². The van der Waals surface area contributed by atoms with Crippen LogP contribution in [0.4, 0.5) is 0 Å². The van der Waals surface area contributed by atoms with Gasteiger partial charge in [0, 0.05) is 6.26 Å². The van der Waals surface area contributed by atoms with Gasteiger partial charge in [0.2, 0.25) is 0 Å². The molecule has 1 heterocycles. The van der Waals surface area contributed by atoms with Gasteiger partial charge in [-0.1, -0.05) is 6.92 Å². The summed E-state index contributed by atoms with van der Waals surface area (Å²) in [4.78, 5) is 0. The van der Waals surface area contributed by atoms with Gasteiger partial charge in [0.05, 0.1) is 18.4 Å². The Hall–Kier alpha value is -0.550. The third kappa shape index (κ3) is 4.99. The van der Waals surface area contributed by atoms with E-state index in [0.717, 1.165) is 31.6 Å². The maximum atomic E-state index is 11.3. The number of hydrogen-bond donors (Lipinski definition) is 1. The van der Waals surface area contributed by atoms with Gasteiger partial charge in [-0.15, -0.1) is 0 Å². The van der Waals surface area contributed by atoms with Gasteiger partial charge in [-0.3, -0.25) is 0 Å². The Morgan fingerprint density at radius 2 is 2.31 bits per heavy atom. The van der Waals surface area contributed by atoms with Gasteiger partial charge >= 0.3 is 0 Å². The van der Waals surface area contributed by atoms with Crippen molar-refractivity contribution in [3.05, 3.63) is 11.8 Å². The molecule has 1 atom stereocenters. The lowest BCUT2D eigenvalue weighted by Gasteiger charge is -2.24. The highest BCUT2D eigenvalue weighted by atomic mass is 32.2. The van der Waals surface area contributed by atoms with Crippen molar-refractivity contribution >= 4 is 9.84 Å². The van der Waals surface area contributed by atoms with Crippen molar-refractivity contribution in [2.24, 2.45) is 0 Å². The molecule has 0 spiro atoms. The minimum absolute atomic E-state index is 0.110. The molecule has 0 radical (unpaired) electrons. The molecule has 0 aromatic carbocycles. The first-order chi connectivity index (χ1) is 7.53. The number of nitrogens with one attached hydrogen (secondary N) is 1. The smallest absolute Gasteiger partial charge is 0.149 e. The third-order valence-corrected chi connectivity index (χ3v) is 3.36. The van der Waals surface area contributed by atoms with Crippen molar-refractivity contribution in [2.45, 2.75) is 32.2 Å². The van der Waals surface area contributed by atoms with Crippen molar-refractivity contribution in [3.63, 3.8) is 0 Å². The van der Waals surface area contributed by atoms with Crippen LogP contribution >= 0.6 is 0 Å². The summed E-state index contributed by atoms with van der Waals surface area (Å²) in [5.41, 5.74) is 0. The van der Waals surface area contributed by atoms with Gasteiger partial charge in [-0.25, -0.2) is 8.42 Å². The van der Waals surface area contributed by atoms with Crippen molar-refractivity contribution in [2.75, 3.05) is 25.2 Å². The van der Waals surface area contributed by atoms with E-state index in [-0.39, 0.29) is 11.8 Å². The molecule has 94 valence electrons. The molecule has 1 N–H and O–H groups in total. The molecular formula is C11H21NO3S. The van der Waals surface area contributed by atoms with Crippen LogP contribution in [0.5, 0.6) is 0 Å². The van der Waals surface area contributed by atoms with E-state index in [9.17, 15) is 8.42 Å². The molecule has 0 bridgehead atoms. The van der Waals surface area contributed by atoms with E-state index in [1.165, 1.54) is 6.26 Å². The molecule has 0 fully saturated rings. The molecular weight excluding hydrogens is 226 g/mol. The second-order valence-electron chi connectivity index (χ2n) is 4.20. The zero-order chi connectivity index (χ0) is 12.0. The molecule has 16 heavy (non-hydrogen) atoms. The lowest BCUT2D eigenvalue weighted by atomic mass is 10.1. The molecule has 1 rings (SSSR count). The molecule has 0 aromatic heterocycles. The maximum absolute atomic E-state index is 11.3. The number of hydrogen-bond acceptors (Lipinski definition) is 4. The SMILES string of the molecule is CCCNC(CS(C)(=O)=O)C1=CCCCO1. The van der Waals surface area contributed by atoms with Crippen LogP contribution in [0.3, 0.4) is 0 Å². The van der Waals surface area contributed by atoms with Crippen LogP contribution in [0.25, 0.3) is 0 Å². The minimum Gasteiger partial charge on any atom is -0.497 e. The van der Waals surface area contributed by atoms with Crippen LogP contribution in [0.1, 0.15) is 26.2 Å². The highest BCUT2D eigenvalue weighted by Gasteiger charge is 2.21. The maximum Gasteiger partial charge on any atom is 0.149 e. The fourth-order valence-electron chi connectivity index (χ4n) is 1.68. The van der Waals surface area contributed by atoms with Crippen LogP contribution in [-0.2, 0) is 14.6 Å². The average Bonchev–Trinajstić information content (AvgIpc) is 2.24. The van der Waals surface area contributed by atoms with Gasteiger partial charge in [-0.2, -0.15) is 0 Å². The second-order valence-corrected chi connectivity index (χ2v) is 6.38. The molecule has 0 saturated heterocycles. The molecule has 0 saturated carbocycles. The Labute approximate surface area is 98.0 Å². The third-order valence-electron chi connectivity index (χ3n) is 2.42.